The van der Waals surface area contributed by atoms with E-state index < -0.39 is 0 Å². The number of nitrogens with zero attached hydrogens (tertiary/aromatic N) is 2. The molecule has 0 bridgehead atoms. The molecule has 1 atom stereocenters. The Kier molecular flexibility index (Phi) is 6.62. The quantitative estimate of drug-likeness (QED) is 0.526. The van der Waals surface area contributed by atoms with E-state index in [0.717, 1.165) is 17.8 Å². The standard InChI is InChI=1S/C24H28N4O3S/c1-16(18-7-5-4-6-8-18)27-14-19-22(25-15-27)28(24(32)26-23(19)29)12-11-17-9-10-20(30-2)21(13-17)31-3/h4-10,13,16,25H,11-12,14-15H2,1-3H3,(H,26,29,32). The second kappa shape index (κ2) is 9.58. The molecule has 2 aromatic carbocycles. The number of aromatic nitrogens is 2. The largest absolute Gasteiger partial charge is 0.493 e. The minimum atomic E-state index is -0.134. The van der Waals surface area contributed by atoms with E-state index in [-0.39, 0.29) is 11.6 Å². The van der Waals surface area contributed by atoms with Crippen LogP contribution in [0, 0.1) is 4.77 Å². The van der Waals surface area contributed by atoms with Gasteiger partial charge in [-0.2, -0.15) is 0 Å². The minimum absolute atomic E-state index is 0.134. The van der Waals surface area contributed by atoms with Gasteiger partial charge < -0.3 is 19.4 Å². The fourth-order valence-corrected chi connectivity index (χ4v) is 4.38. The molecule has 1 unspecified atom stereocenters. The van der Waals surface area contributed by atoms with Gasteiger partial charge in [0, 0.05) is 19.1 Å². The molecule has 32 heavy (non-hydrogen) atoms. The summed E-state index contributed by atoms with van der Waals surface area (Å²) >= 11 is 5.50. The van der Waals surface area contributed by atoms with Gasteiger partial charge in [-0.25, -0.2) is 0 Å². The average molecular weight is 453 g/mol. The van der Waals surface area contributed by atoms with Crippen LogP contribution in [0.25, 0.3) is 0 Å². The van der Waals surface area contributed by atoms with Crippen molar-refractivity contribution in [1.29, 1.82) is 0 Å². The first kappa shape index (κ1) is 22.1. The smallest absolute Gasteiger partial charge is 0.258 e. The summed E-state index contributed by atoms with van der Waals surface area (Å²) in [7, 11) is 3.25. The molecule has 2 heterocycles. The number of hydrogen-bond donors (Lipinski definition) is 2. The van der Waals surface area contributed by atoms with E-state index >= 15 is 0 Å². The first-order chi connectivity index (χ1) is 15.5. The van der Waals surface area contributed by atoms with Crippen LogP contribution in [-0.2, 0) is 19.5 Å². The van der Waals surface area contributed by atoms with Crippen LogP contribution in [0.4, 0.5) is 5.82 Å². The predicted octanol–water partition coefficient (Wildman–Crippen LogP) is 4.11. The number of methoxy groups -OCH3 is 2. The van der Waals surface area contributed by atoms with Gasteiger partial charge in [-0.3, -0.25) is 14.7 Å². The van der Waals surface area contributed by atoms with Gasteiger partial charge in [0.2, 0.25) is 0 Å². The van der Waals surface area contributed by atoms with Gasteiger partial charge >= 0.3 is 0 Å². The Morgan fingerprint density at radius 1 is 1.09 bits per heavy atom. The molecule has 4 rings (SSSR count). The van der Waals surface area contributed by atoms with Gasteiger partial charge in [0.25, 0.3) is 5.56 Å². The molecule has 0 spiro atoms. The van der Waals surface area contributed by atoms with Crippen LogP contribution in [0.3, 0.4) is 0 Å². The molecule has 0 saturated heterocycles. The Morgan fingerprint density at radius 2 is 1.84 bits per heavy atom. The van der Waals surface area contributed by atoms with Crippen LogP contribution in [0.2, 0.25) is 0 Å². The van der Waals surface area contributed by atoms with E-state index in [0.29, 0.717) is 41.6 Å². The van der Waals surface area contributed by atoms with Crippen LogP contribution in [0.1, 0.15) is 29.7 Å². The third-order valence-corrected chi connectivity index (χ3v) is 6.33. The number of aryl methyl sites for hydroxylation is 1. The van der Waals surface area contributed by atoms with Crippen LogP contribution >= 0.6 is 12.2 Å². The maximum atomic E-state index is 12.7. The molecule has 0 aliphatic carbocycles. The Balaban J connectivity index is 1.57. The van der Waals surface area contributed by atoms with Gasteiger partial charge in [-0.15, -0.1) is 0 Å². The Labute approximate surface area is 192 Å². The summed E-state index contributed by atoms with van der Waals surface area (Å²) < 4.78 is 13.1. The molecular weight excluding hydrogens is 424 g/mol. The molecule has 0 amide bonds. The lowest BCUT2D eigenvalue weighted by Gasteiger charge is -2.35. The van der Waals surface area contributed by atoms with Crippen molar-refractivity contribution in [2.45, 2.75) is 32.5 Å². The van der Waals surface area contributed by atoms with Crippen molar-refractivity contribution in [2.24, 2.45) is 0 Å². The van der Waals surface area contributed by atoms with E-state index in [1.165, 1.54) is 5.56 Å². The lowest BCUT2D eigenvalue weighted by molar-refractivity contribution is 0.206. The van der Waals surface area contributed by atoms with E-state index in [1.807, 2.05) is 41.0 Å². The zero-order valence-corrected chi connectivity index (χ0v) is 19.4. The maximum Gasteiger partial charge on any atom is 0.258 e. The summed E-state index contributed by atoms with van der Waals surface area (Å²) in [5.74, 6) is 2.19. The lowest BCUT2D eigenvalue weighted by Crippen LogP contribution is -2.40. The number of H-pyrrole nitrogens is 1. The molecule has 3 aromatic rings. The Bertz CT molecular complexity index is 1210. The first-order valence-electron chi connectivity index (χ1n) is 10.6. The topological polar surface area (TPSA) is 71.5 Å². The number of nitrogens with one attached hydrogen (secondary N) is 2. The van der Waals surface area contributed by atoms with Crippen molar-refractivity contribution in [3.63, 3.8) is 0 Å². The third kappa shape index (κ3) is 4.42. The monoisotopic (exact) mass is 452 g/mol. The molecule has 7 nitrogen and oxygen atoms in total. The molecule has 2 N–H and O–H groups in total. The molecule has 168 valence electrons. The number of anilines is 1. The van der Waals surface area contributed by atoms with Crippen molar-refractivity contribution in [3.8, 4) is 11.5 Å². The summed E-state index contributed by atoms with van der Waals surface area (Å²) in [5.41, 5.74) is 2.89. The van der Waals surface area contributed by atoms with E-state index in [9.17, 15) is 4.79 Å². The third-order valence-electron chi connectivity index (χ3n) is 6.01. The first-order valence-corrected chi connectivity index (χ1v) is 11.0. The minimum Gasteiger partial charge on any atom is -0.493 e. The lowest BCUT2D eigenvalue weighted by atomic mass is 10.1. The Hall–Kier alpha value is -3.10. The van der Waals surface area contributed by atoms with Crippen molar-refractivity contribution < 1.29 is 9.47 Å². The number of hydrogen-bond acceptors (Lipinski definition) is 6. The highest BCUT2D eigenvalue weighted by atomic mass is 32.1. The van der Waals surface area contributed by atoms with Crippen molar-refractivity contribution in [3.05, 3.63) is 80.3 Å². The second-order valence-electron chi connectivity index (χ2n) is 7.85. The number of aromatic amines is 1. The fourth-order valence-electron chi connectivity index (χ4n) is 4.10. The zero-order valence-electron chi connectivity index (χ0n) is 18.6. The molecule has 1 aliphatic heterocycles. The van der Waals surface area contributed by atoms with Crippen LogP contribution < -0.4 is 20.3 Å². The SMILES string of the molecule is COc1ccc(CCn2c3c(c(=O)[nH]c2=S)CN(C(C)c2ccccc2)CN3)cc1OC. The highest BCUT2D eigenvalue weighted by Crippen LogP contribution is 2.29. The summed E-state index contributed by atoms with van der Waals surface area (Å²) in [6.45, 7) is 3.98. The summed E-state index contributed by atoms with van der Waals surface area (Å²) in [6, 6.07) is 16.4. The Morgan fingerprint density at radius 3 is 2.56 bits per heavy atom. The van der Waals surface area contributed by atoms with E-state index in [4.69, 9.17) is 21.7 Å². The van der Waals surface area contributed by atoms with Crippen LogP contribution in [-0.4, -0.2) is 35.3 Å². The molecule has 0 fully saturated rings. The average Bonchev–Trinajstić information content (AvgIpc) is 2.83. The van der Waals surface area contributed by atoms with Gasteiger partial charge in [-0.1, -0.05) is 36.4 Å². The summed E-state index contributed by atoms with van der Waals surface area (Å²) in [4.78, 5) is 17.8. The number of rotatable bonds is 7. The molecule has 8 heteroatoms. The number of fused-ring (bicyclic) bond motifs is 1. The fraction of sp³-hybridized carbons (Fsp3) is 0.333. The van der Waals surface area contributed by atoms with Gasteiger partial charge in [-0.05, 0) is 48.8 Å². The zero-order chi connectivity index (χ0) is 22.7. The highest BCUT2D eigenvalue weighted by molar-refractivity contribution is 7.71. The van der Waals surface area contributed by atoms with Gasteiger partial charge in [0.15, 0.2) is 16.3 Å². The number of benzene rings is 2. The van der Waals surface area contributed by atoms with Crippen LogP contribution in [0.15, 0.2) is 53.3 Å². The predicted molar refractivity (Wildman–Crippen MR) is 128 cm³/mol. The molecule has 0 radical (unpaired) electrons. The van der Waals surface area contributed by atoms with Crippen LogP contribution in [0.5, 0.6) is 11.5 Å². The molecule has 1 aromatic heterocycles. The normalized spacial score (nSPS) is 14.3. The number of ether oxygens (including phenoxy) is 2. The molecule has 1 aliphatic rings. The molecular formula is C24H28N4O3S. The second-order valence-corrected chi connectivity index (χ2v) is 8.23. The maximum absolute atomic E-state index is 12.7. The van der Waals surface area contributed by atoms with E-state index in [1.54, 1.807) is 14.2 Å². The highest BCUT2D eigenvalue weighted by Gasteiger charge is 2.25. The van der Waals surface area contributed by atoms with Crippen molar-refractivity contribution in [2.75, 3.05) is 26.2 Å². The van der Waals surface area contributed by atoms with Gasteiger partial charge in [0.05, 0.1) is 26.5 Å². The molecule has 0 saturated carbocycles. The van der Waals surface area contributed by atoms with Gasteiger partial charge in [0.1, 0.15) is 5.82 Å². The van der Waals surface area contributed by atoms with E-state index in [2.05, 4.69) is 34.3 Å². The summed E-state index contributed by atoms with van der Waals surface area (Å²) in [6.07, 6.45) is 0.735. The van der Waals surface area contributed by atoms with Crippen molar-refractivity contribution in [1.82, 2.24) is 14.5 Å². The van der Waals surface area contributed by atoms with Crippen molar-refractivity contribution >= 4 is 18.0 Å². The summed E-state index contributed by atoms with van der Waals surface area (Å²) in [5, 5.41) is 3.45.